The number of allylic oxidation sites excluding steroid dienone is 3. The Kier molecular flexibility index (Phi) is 7.05. The molecule has 2 heteroatoms. The Morgan fingerprint density at radius 1 is 0.559 bits per heavy atom. The van der Waals surface area contributed by atoms with Crippen LogP contribution in [0.15, 0.2) is 133 Å². The molecule has 1 unspecified atom stereocenters. The first-order valence-electron chi connectivity index (χ1n) is 11.8. The van der Waals surface area contributed by atoms with Crippen molar-refractivity contribution in [2.75, 3.05) is 5.75 Å². The topological polar surface area (TPSA) is 0 Å². The van der Waals surface area contributed by atoms with Crippen LogP contribution in [0.2, 0.25) is 0 Å². The van der Waals surface area contributed by atoms with Crippen LogP contribution in [0.1, 0.15) is 29.2 Å². The van der Waals surface area contributed by atoms with Crippen molar-refractivity contribution in [2.24, 2.45) is 0 Å². The van der Waals surface area contributed by atoms with E-state index in [1.54, 1.807) is 0 Å². The first-order valence-corrected chi connectivity index (χ1v) is 15.4. The molecule has 5 rings (SSSR count). The summed E-state index contributed by atoms with van der Waals surface area (Å²) in [6.07, 6.45) is 4.20. The molecule has 0 nitrogen and oxygen atoms in total. The summed E-state index contributed by atoms with van der Waals surface area (Å²) in [5.74, 6) is 1.08. The molecule has 0 aliphatic carbocycles. The van der Waals surface area contributed by atoms with Crippen LogP contribution >= 0.6 is 17.5 Å². The summed E-state index contributed by atoms with van der Waals surface area (Å²) in [5.41, 5.74) is 6.64. The molecule has 1 atom stereocenters. The monoisotopic (exact) mass is 476 g/mol. The molecule has 1 aliphatic heterocycles. The van der Waals surface area contributed by atoms with Gasteiger partial charge in [0, 0.05) is 6.16 Å². The SMILES string of the molecule is CCSP1(Cc2ccccc2)=C(c2ccccc2)C=C(c2ccccc2)C=C1c1ccccc1. The first kappa shape index (κ1) is 22.8. The lowest BCUT2D eigenvalue weighted by Crippen LogP contribution is -2.09. The maximum Gasteiger partial charge on any atom is 0.00550 e. The van der Waals surface area contributed by atoms with Crippen molar-refractivity contribution in [1.82, 2.24) is 0 Å². The molecule has 0 bridgehead atoms. The Labute approximate surface area is 207 Å². The van der Waals surface area contributed by atoms with E-state index >= 15 is 0 Å². The molecule has 168 valence electrons. The van der Waals surface area contributed by atoms with E-state index in [1.807, 2.05) is 0 Å². The fourth-order valence-electron chi connectivity index (χ4n) is 4.69. The van der Waals surface area contributed by atoms with Crippen molar-refractivity contribution in [1.29, 1.82) is 0 Å². The highest BCUT2D eigenvalue weighted by Crippen LogP contribution is 2.74. The second kappa shape index (κ2) is 10.5. The van der Waals surface area contributed by atoms with Gasteiger partial charge in [-0.15, -0.1) is 11.4 Å². The van der Waals surface area contributed by atoms with Gasteiger partial charge in [-0.1, -0.05) is 128 Å². The molecule has 0 fully saturated rings. The summed E-state index contributed by atoms with van der Waals surface area (Å²) in [6.45, 7) is 2.30. The molecule has 0 saturated heterocycles. The van der Waals surface area contributed by atoms with E-state index in [4.69, 9.17) is 0 Å². The first-order chi connectivity index (χ1) is 16.8. The molecule has 4 aromatic carbocycles. The number of hydrogen-bond donors (Lipinski definition) is 0. The molecular formula is C32H29PS. The summed E-state index contributed by atoms with van der Waals surface area (Å²) in [6, 6.07) is 43.9. The summed E-state index contributed by atoms with van der Waals surface area (Å²) in [4.78, 5) is 0. The molecule has 4 aromatic rings. The van der Waals surface area contributed by atoms with Crippen LogP contribution in [0.5, 0.6) is 0 Å². The maximum atomic E-state index is 2.48. The van der Waals surface area contributed by atoms with Gasteiger partial charge in [-0.2, -0.15) is 0 Å². The molecule has 0 amide bonds. The Morgan fingerprint density at radius 2 is 1.06 bits per heavy atom. The third kappa shape index (κ3) is 4.64. The average molecular weight is 477 g/mol. The van der Waals surface area contributed by atoms with Crippen molar-refractivity contribution in [2.45, 2.75) is 13.1 Å². The van der Waals surface area contributed by atoms with Crippen LogP contribution in [-0.4, -0.2) is 11.0 Å². The summed E-state index contributed by atoms with van der Waals surface area (Å²) in [7, 11) is 0. The van der Waals surface area contributed by atoms with Gasteiger partial charge in [0.05, 0.1) is 0 Å². The van der Waals surface area contributed by atoms with Crippen LogP contribution < -0.4 is 0 Å². The Bertz CT molecular complexity index is 1350. The highest BCUT2D eigenvalue weighted by molar-refractivity contribution is 8.64. The van der Waals surface area contributed by atoms with Gasteiger partial charge in [0.2, 0.25) is 0 Å². The molecular weight excluding hydrogens is 447 g/mol. The Morgan fingerprint density at radius 3 is 1.62 bits per heavy atom. The van der Waals surface area contributed by atoms with Gasteiger partial charge in [0.25, 0.3) is 0 Å². The van der Waals surface area contributed by atoms with E-state index < -0.39 is 6.09 Å². The fraction of sp³-hybridized carbons (Fsp3) is 0.0938. The third-order valence-electron chi connectivity index (χ3n) is 6.21. The van der Waals surface area contributed by atoms with Gasteiger partial charge in [0.15, 0.2) is 0 Å². The van der Waals surface area contributed by atoms with E-state index in [9.17, 15) is 0 Å². The minimum Gasteiger partial charge on any atom is -0.130 e. The van der Waals surface area contributed by atoms with Gasteiger partial charge in [-0.3, -0.25) is 0 Å². The molecule has 0 radical (unpaired) electrons. The highest BCUT2D eigenvalue weighted by atomic mass is 32.7. The Hall–Kier alpha value is -2.99. The standard InChI is InChI=1S/C32H29PS/c1-2-34-33(25-26-15-7-3-8-16-26)31(28-19-11-5-12-20-28)23-30(27-17-9-4-10-18-27)24-32(33)29-21-13-6-14-22-29/h3-24H,2,25H2,1H3. The van der Waals surface area contributed by atoms with Crippen molar-refractivity contribution >= 4 is 33.7 Å². The van der Waals surface area contributed by atoms with E-state index in [2.05, 4.69) is 152 Å². The van der Waals surface area contributed by atoms with Crippen molar-refractivity contribution < 1.29 is 0 Å². The smallest absolute Gasteiger partial charge is 0.00550 e. The number of benzene rings is 4. The van der Waals surface area contributed by atoms with Crippen molar-refractivity contribution in [3.05, 3.63) is 156 Å². The summed E-state index contributed by atoms with van der Waals surface area (Å²) < 4.78 is 0. The minimum absolute atomic E-state index is 1.05. The normalized spacial score (nSPS) is 17.7. The summed E-state index contributed by atoms with van der Waals surface area (Å²) >= 11 is 2.16. The van der Waals surface area contributed by atoms with Crippen LogP contribution in [0, 0.1) is 0 Å². The van der Waals surface area contributed by atoms with Crippen LogP contribution in [0.25, 0.3) is 10.9 Å². The molecule has 34 heavy (non-hydrogen) atoms. The molecule has 1 aliphatic rings. The van der Waals surface area contributed by atoms with Crippen LogP contribution in [-0.2, 0) is 6.16 Å². The molecule has 0 N–H and O–H groups in total. The summed E-state index contributed by atoms with van der Waals surface area (Å²) in [5, 5.41) is 2.98. The lowest BCUT2D eigenvalue weighted by molar-refractivity contribution is 1.40. The van der Waals surface area contributed by atoms with Gasteiger partial charge < -0.3 is 0 Å². The maximum absolute atomic E-state index is 2.48. The number of rotatable bonds is 7. The number of hydrogen-bond acceptors (Lipinski definition) is 1. The van der Waals surface area contributed by atoms with Crippen molar-refractivity contribution in [3.8, 4) is 0 Å². The van der Waals surface area contributed by atoms with Gasteiger partial charge in [-0.05, 0) is 62.4 Å². The van der Waals surface area contributed by atoms with Gasteiger partial charge in [-0.25, -0.2) is 0 Å². The van der Waals surface area contributed by atoms with E-state index in [0.29, 0.717) is 0 Å². The van der Waals surface area contributed by atoms with E-state index in [-0.39, 0.29) is 0 Å². The van der Waals surface area contributed by atoms with Crippen molar-refractivity contribution in [3.63, 3.8) is 0 Å². The predicted octanol–water partition coefficient (Wildman–Crippen LogP) is 9.23. The largest absolute Gasteiger partial charge is 0.130 e. The predicted molar refractivity (Wildman–Crippen MR) is 155 cm³/mol. The zero-order valence-corrected chi connectivity index (χ0v) is 21.2. The van der Waals surface area contributed by atoms with Crippen LogP contribution in [0.4, 0.5) is 0 Å². The molecule has 0 saturated carbocycles. The fourth-order valence-corrected chi connectivity index (χ4v) is 12.5. The van der Waals surface area contributed by atoms with Crippen LogP contribution in [0.3, 0.4) is 0 Å². The second-order valence-electron chi connectivity index (χ2n) is 8.41. The van der Waals surface area contributed by atoms with E-state index in [1.165, 1.54) is 38.4 Å². The zero-order chi connectivity index (χ0) is 23.2. The van der Waals surface area contributed by atoms with Gasteiger partial charge in [0.1, 0.15) is 0 Å². The van der Waals surface area contributed by atoms with E-state index in [0.717, 1.165) is 11.9 Å². The highest BCUT2D eigenvalue weighted by Gasteiger charge is 2.32. The minimum atomic E-state index is -1.82. The van der Waals surface area contributed by atoms with Gasteiger partial charge >= 0.3 is 0 Å². The second-order valence-corrected chi connectivity index (χ2v) is 14.7. The Balaban J connectivity index is 1.86. The lowest BCUT2D eigenvalue weighted by atomic mass is 10.0. The molecule has 0 spiro atoms. The molecule has 0 aromatic heterocycles. The average Bonchev–Trinajstić information content (AvgIpc) is 2.91. The lowest BCUT2D eigenvalue weighted by Gasteiger charge is -2.35. The third-order valence-corrected chi connectivity index (χ3v) is 13.7. The zero-order valence-electron chi connectivity index (χ0n) is 19.5. The molecule has 1 heterocycles. The quantitative estimate of drug-likeness (QED) is 0.240.